The number of halogens is 2. The monoisotopic (exact) mass is 261 g/mol. The molecule has 1 unspecified atom stereocenters. The van der Waals surface area contributed by atoms with Gasteiger partial charge >= 0.3 is 0 Å². The molecule has 16 heavy (non-hydrogen) atoms. The zero-order valence-electron chi connectivity index (χ0n) is 9.76. The number of hydrogen-bond donors (Lipinski definition) is 1. The Hall–Kier alpha value is -0.280. The van der Waals surface area contributed by atoms with Crippen molar-refractivity contribution in [3.8, 4) is 0 Å². The second-order valence-corrected chi connectivity index (χ2v) is 4.94. The third kappa shape index (κ3) is 2.89. The molecule has 0 bridgehead atoms. The van der Waals surface area contributed by atoms with Crippen LogP contribution < -0.4 is 5.73 Å². The van der Waals surface area contributed by atoms with E-state index in [2.05, 4.69) is 0 Å². The lowest BCUT2D eigenvalue weighted by atomic mass is 9.92. The van der Waals surface area contributed by atoms with Crippen molar-refractivity contribution < 1.29 is 4.74 Å². The molecule has 0 saturated carbocycles. The topological polar surface area (TPSA) is 35.2 Å². The minimum Gasteiger partial charge on any atom is -0.374 e. The molecule has 90 valence electrons. The molecule has 1 aromatic rings. The number of hydrogen-bond acceptors (Lipinski definition) is 2. The van der Waals surface area contributed by atoms with Crippen LogP contribution in [-0.4, -0.2) is 12.2 Å². The Labute approximate surface area is 107 Å². The van der Waals surface area contributed by atoms with Crippen molar-refractivity contribution in [2.45, 2.75) is 32.4 Å². The zero-order chi connectivity index (χ0) is 12.3. The average molecular weight is 262 g/mol. The quantitative estimate of drug-likeness (QED) is 0.895. The summed E-state index contributed by atoms with van der Waals surface area (Å²) in [4.78, 5) is 0. The van der Waals surface area contributed by atoms with E-state index in [9.17, 15) is 0 Å². The number of nitrogens with two attached hydrogens (primary N) is 1. The Kier molecular flexibility index (Phi) is 4.62. The fourth-order valence-electron chi connectivity index (χ4n) is 1.60. The first-order valence-electron chi connectivity index (χ1n) is 5.23. The lowest BCUT2D eigenvalue weighted by Crippen LogP contribution is -2.38. The lowest BCUT2D eigenvalue weighted by Gasteiger charge is -2.32. The van der Waals surface area contributed by atoms with Crippen LogP contribution in [0.1, 0.15) is 32.4 Å². The van der Waals surface area contributed by atoms with Crippen LogP contribution in [0.3, 0.4) is 0 Å². The summed E-state index contributed by atoms with van der Waals surface area (Å²) >= 11 is 12.1. The van der Waals surface area contributed by atoms with E-state index in [-0.39, 0.29) is 6.04 Å². The Morgan fingerprint density at radius 3 is 2.56 bits per heavy atom. The molecule has 0 aromatic heterocycles. The Morgan fingerprint density at radius 2 is 2.00 bits per heavy atom. The summed E-state index contributed by atoms with van der Waals surface area (Å²) in [7, 11) is 0. The van der Waals surface area contributed by atoms with E-state index < -0.39 is 5.60 Å². The highest BCUT2D eigenvalue weighted by Gasteiger charge is 2.29. The van der Waals surface area contributed by atoms with Crippen LogP contribution in [0, 0.1) is 0 Å². The molecule has 0 fully saturated rings. The minimum absolute atomic E-state index is 0.307. The highest BCUT2D eigenvalue weighted by atomic mass is 35.5. The predicted octanol–water partition coefficient (Wildman–Crippen LogP) is 3.81. The van der Waals surface area contributed by atoms with Gasteiger partial charge in [0.1, 0.15) is 0 Å². The van der Waals surface area contributed by atoms with E-state index >= 15 is 0 Å². The second kappa shape index (κ2) is 5.37. The van der Waals surface area contributed by atoms with E-state index in [0.717, 1.165) is 5.56 Å². The van der Waals surface area contributed by atoms with Gasteiger partial charge < -0.3 is 10.5 Å². The molecule has 0 radical (unpaired) electrons. The van der Waals surface area contributed by atoms with Crippen LogP contribution in [0.25, 0.3) is 0 Å². The van der Waals surface area contributed by atoms with Crippen molar-refractivity contribution in [3.63, 3.8) is 0 Å². The molecule has 0 spiro atoms. The van der Waals surface area contributed by atoms with Gasteiger partial charge in [-0.2, -0.15) is 0 Å². The van der Waals surface area contributed by atoms with Crippen LogP contribution in [-0.2, 0) is 4.74 Å². The molecule has 0 aliphatic carbocycles. The normalized spacial score (nSPS) is 13.9. The molecule has 0 aliphatic heterocycles. The molecular weight excluding hydrogens is 245 g/mol. The van der Waals surface area contributed by atoms with E-state index in [0.29, 0.717) is 16.7 Å². The van der Waals surface area contributed by atoms with Crippen LogP contribution in [0.15, 0.2) is 18.2 Å². The van der Waals surface area contributed by atoms with Gasteiger partial charge in [-0.15, -0.1) is 0 Å². The van der Waals surface area contributed by atoms with Crippen LogP contribution in [0.2, 0.25) is 10.0 Å². The van der Waals surface area contributed by atoms with Crippen molar-refractivity contribution in [3.05, 3.63) is 33.8 Å². The van der Waals surface area contributed by atoms with Gasteiger partial charge in [-0.1, -0.05) is 35.3 Å². The zero-order valence-corrected chi connectivity index (χ0v) is 11.3. The Bertz CT molecular complexity index is 366. The lowest BCUT2D eigenvalue weighted by molar-refractivity contribution is -0.0297. The first-order chi connectivity index (χ1) is 7.40. The van der Waals surface area contributed by atoms with Crippen molar-refractivity contribution in [1.82, 2.24) is 0 Å². The standard InChI is InChI=1S/C12H17Cl2NO/c1-4-16-12(2,3)11(15)8-6-5-7-9(13)10(8)14/h5-7,11H,4,15H2,1-3H3. The first kappa shape index (κ1) is 13.8. The second-order valence-electron chi connectivity index (χ2n) is 4.16. The highest BCUT2D eigenvalue weighted by molar-refractivity contribution is 6.42. The molecule has 2 N–H and O–H groups in total. The largest absolute Gasteiger partial charge is 0.374 e. The Morgan fingerprint density at radius 1 is 1.38 bits per heavy atom. The van der Waals surface area contributed by atoms with Crippen molar-refractivity contribution in [2.75, 3.05) is 6.61 Å². The first-order valence-corrected chi connectivity index (χ1v) is 5.99. The summed E-state index contributed by atoms with van der Waals surface area (Å²) in [5, 5.41) is 1.02. The van der Waals surface area contributed by atoms with Gasteiger partial charge in [0.15, 0.2) is 0 Å². The van der Waals surface area contributed by atoms with Gasteiger partial charge in [-0.05, 0) is 32.4 Å². The third-order valence-electron chi connectivity index (χ3n) is 2.58. The number of benzene rings is 1. The van der Waals surface area contributed by atoms with E-state index in [1.54, 1.807) is 6.07 Å². The van der Waals surface area contributed by atoms with Crippen molar-refractivity contribution in [2.24, 2.45) is 5.73 Å². The molecule has 1 aromatic carbocycles. The third-order valence-corrected chi connectivity index (χ3v) is 3.42. The van der Waals surface area contributed by atoms with E-state index in [4.69, 9.17) is 33.7 Å². The summed E-state index contributed by atoms with van der Waals surface area (Å²) in [6.45, 7) is 6.43. The molecular formula is C12H17Cl2NO. The van der Waals surface area contributed by atoms with E-state index in [1.165, 1.54) is 0 Å². The smallest absolute Gasteiger partial charge is 0.0818 e. The molecule has 1 rings (SSSR count). The fraction of sp³-hybridized carbons (Fsp3) is 0.500. The molecule has 2 nitrogen and oxygen atoms in total. The van der Waals surface area contributed by atoms with Crippen LogP contribution in [0.4, 0.5) is 0 Å². The number of ether oxygens (including phenoxy) is 1. The highest BCUT2D eigenvalue weighted by Crippen LogP contribution is 2.34. The van der Waals surface area contributed by atoms with Gasteiger partial charge in [0.05, 0.1) is 21.7 Å². The predicted molar refractivity (Wildman–Crippen MR) is 69.1 cm³/mol. The summed E-state index contributed by atoms with van der Waals surface area (Å²) in [5.74, 6) is 0. The van der Waals surface area contributed by atoms with Gasteiger partial charge in [0, 0.05) is 6.61 Å². The Balaban J connectivity index is 3.04. The summed E-state index contributed by atoms with van der Waals surface area (Å²) in [6, 6.07) is 5.15. The van der Waals surface area contributed by atoms with Crippen molar-refractivity contribution in [1.29, 1.82) is 0 Å². The van der Waals surface area contributed by atoms with E-state index in [1.807, 2.05) is 32.9 Å². The summed E-state index contributed by atoms with van der Waals surface area (Å²) < 4.78 is 5.61. The molecule has 4 heteroatoms. The summed E-state index contributed by atoms with van der Waals surface area (Å²) in [6.07, 6.45) is 0. The molecule has 0 heterocycles. The maximum absolute atomic E-state index is 6.16. The molecule has 1 atom stereocenters. The number of rotatable bonds is 4. The summed E-state index contributed by atoms with van der Waals surface area (Å²) in [5.41, 5.74) is 6.50. The van der Waals surface area contributed by atoms with Gasteiger partial charge in [-0.3, -0.25) is 0 Å². The van der Waals surface area contributed by atoms with Crippen LogP contribution >= 0.6 is 23.2 Å². The van der Waals surface area contributed by atoms with Gasteiger partial charge in [0.2, 0.25) is 0 Å². The maximum atomic E-state index is 6.16. The average Bonchev–Trinajstić information content (AvgIpc) is 2.21. The minimum atomic E-state index is -0.469. The van der Waals surface area contributed by atoms with Crippen LogP contribution in [0.5, 0.6) is 0 Å². The van der Waals surface area contributed by atoms with Gasteiger partial charge in [-0.25, -0.2) is 0 Å². The molecule has 0 aliphatic rings. The molecule has 0 amide bonds. The van der Waals surface area contributed by atoms with Gasteiger partial charge in [0.25, 0.3) is 0 Å². The molecule has 0 saturated heterocycles. The SMILES string of the molecule is CCOC(C)(C)C(N)c1cccc(Cl)c1Cl. The fourth-order valence-corrected chi connectivity index (χ4v) is 2.02. The maximum Gasteiger partial charge on any atom is 0.0818 e. The van der Waals surface area contributed by atoms with Crippen molar-refractivity contribution >= 4 is 23.2 Å².